The second-order valence-corrected chi connectivity index (χ2v) is 6.71. The fourth-order valence-corrected chi connectivity index (χ4v) is 4.37. The van der Waals surface area contributed by atoms with Crippen LogP contribution in [0.2, 0.25) is 0 Å². The zero-order chi connectivity index (χ0) is 13.8. The first-order valence-corrected chi connectivity index (χ1v) is 7.98. The van der Waals surface area contributed by atoms with E-state index in [2.05, 4.69) is 37.4 Å². The van der Waals surface area contributed by atoms with Crippen LogP contribution in [0.5, 0.6) is 5.75 Å². The van der Waals surface area contributed by atoms with Crippen molar-refractivity contribution in [1.82, 2.24) is 0 Å². The van der Waals surface area contributed by atoms with E-state index >= 15 is 0 Å². The van der Waals surface area contributed by atoms with Crippen LogP contribution < -0.4 is 10.5 Å². The summed E-state index contributed by atoms with van der Waals surface area (Å²) in [6, 6.07) is 10.4. The van der Waals surface area contributed by atoms with E-state index in [1.807, 2.05) is 12.1 Å². The second-order valence-electron chi connectivity index (χ2n) is 4.54. The van der Waals surface area contributed by atoms with Gasteiger partial charge in [-0.15, -0.1) is 23.1 Å². The Kier molecular flexibility index (Phi) is 4.91. The highest BCUT2D eigenvalue weighted by molar-refractivity contribution is 7.99. The number of thioether (sulfide) groups is 1. The smallest absolute Gasteiger partial charge is 0.119 e. The Morgan fingerprint density at radius 1 is 1.32 bits per heavy atom. The molecule has 0 radical (unpaired) electrons. The lowest BCUT2D eigenvalue weighted by Crippen LogP contribution is -2.22. The maximum absolute atomic E-state index is 6.17. The predicted molar refractivity (Wildman–Crippen MR) is 84.3 cm³/mol. The molecule has 1 heterocycles. The Hall–Kier alpha value is -0.970. The van der Waals surface area contributed by atoms with Crippen molar-refractivity contribution in [3.8, 4) is 5.75 Å². The summed E-state index contributed by atoms with van der Waals surface area (Å²) in [5.74, 6) is 0.885. The first-order chi connectivity index (χ1) is 9.11. The third-order valence-corrected chi connectivity index (χ3v) is 5.64. The Morgan fingerprint density at radius 2 is 2.11 bits per heavy atom. The van der Waals surface area contributed by atoms with Crippen LogP contribution in [0.15, 0.2) is 40.6 Å². The zero-order valence-electron chi connectivity index (χ0n) is 11.4. The maximum Gasteiger partial charge on any atom is 0.119 e. The molecule has 1 aromatic heterocycles. The quantitative estimate of drug-likeness (QED) is 0.837. The Bertz CT molecular complexity index is 536. The predicted octanol–water partition coefficient (Wildman–Crippen LogP) is 4.25. The zero-order valence-corrected chi connectivity index (χ0v) is 13.1. The number of aryl methyl sites for hydroxylation is 1. The van der Waals surface area contributed by atoms with Gasteiger partial charge in [-0.3, -0.25) is 0 Å². The van der Waals surface area contributed by atoms with Gasteiger partial charge in [0.15, 0.2) is 0 Å². The molecule has 0 bridgehead atoms. The van der Waals surface area contributed by atoms with Crippen molar-refractivity contribution < 1.29 is 4.74 Å². The lowest BCUT2D eigenvalue weighted by Gasteiger charge is -2.20. The highest BCUT2D eigenvalue weighted by atomic mass is 32.2. The van der Waals surface area contributed by atoms with Gasteiger partial charge < -0.3 is 10.5 Å². The van der Waals surface area contributed by atoms with E-state index in [0.29, 0.717) is 0 Å². The van der Waals surface area contributed by atoms with E-state index in [9.17, 15) is 0 Å². The molecule has 0 aliphatic rings. The molecule has 2 nitrogen and oxygen atoms in total. The number of hydrogen-bond donors (Lipinski definition) is 1. The van der Waals surface area contributed by atoms with Crippen LogP contribution in [0, 0.1) is 6.92 Å². The summed E-state index contributed by atoms with van der Waals surface area (Å²) in [6.45, 7) is 4.21. The molecule has 0 saturated carbocycles. The molecule has 102 valence electrons. The van der Waals surface area contributed by atoms with E-state index in [0.717, 1.165) is 5.75 Å². The lowest BCUT2D eigenvalue weighted by molar-refractivity contribution is 0.413. The highest BCUT2D eigenvalue weighted by Crippen LogP contribution is 2.41. The fraction of sp³-hybridized carbons (Fsp3) is 0.333. The minimum absolute atomic E-state index is 0.105. The Labute approximate surface area is 123 Å². The summed E-state index contributed by atoms with van der Waals surface area (Å²) in [4.78, 5) is 2.55. The summed E-state index contributed by atoms with van der Waals surface area (Å²) in [7, 11) is 1.69. The summed E-state index contributed by atoms with van der Waals surface area (Å²) in [5.41, 5.74) is 7.49. The number of thiophene rings is 1. The van der Waals surface area contributed by atoms with E-state index in [1.165, 1.54) is 15.3 Å². The molecule has 0 aliphatic heterocycles. The van der Waals surface area contributed by atoms with E-state index in [4.69, 9.17) is 10.5 Å². The molecule has 0 fully saturated rings. The van der Waals surface area contributed by atoms with Gasteiger partial charge in [0.05, 0.1) is 12.4 Å². The lowest BCUT2D eigenvalue weighted by atomic mass is 10.1. The monoisotopic (exact) mass is 293 g/mol. The second kappa shape index (κ2) is 6.46. The molecule has 2 N–H and O–H groups in total. The number of rotatable bonds is 5. The third kappa shape index (κ3) is 3.53. The van der Waals surface area contributed by atoms with Crippen LogP contribution >= 0.6 is 23.1 Å². The Balaban J connectivity index is 2.24. The molecule has 19 heavy (non-hydrogen) atoms. The van der Waals surface area contributed by atoms with Gasteiger partial charge in [0.1, 0.15) is 5.75 Å². The summed E-state index contributed by atoms with van der Waals surface area (Å²) >= 11 is 3.59. The van der Waals surface area contributed by atoms with Crippen molar-refractivity contribution in [1.29, 1.82) is 0 Å². The maximum atomic E-state index is 6.17. The highest BCUT2D eigenvalue weighted by Gasteiger charge is 2.20. The number of methoxy groups -OCH3 is 1. The van der Waals surface area contributed by atoms with Crippen LogP contribution in [-0.2, 0) is 0 Å². The molecule has 1 aromatic carbocycles. The summed E-state index contributed by atoms with van der Waals surface area (Å²) < 4.78 is 5.27. The molecule has 0 spiro atoms. The van der Waals surface area contributed by atoms with Crippen LogP contribution in [-0.4, -0.2) is 13.2 Å². The normalized spacial score (nSPS) is 14.1. The van der Waals surface area contributed by atoms with Crippen LogP contribution in [0.25, 0.3) is 0 Å². The van der Waals surface area contributed by atoms with Crippen LogP contribution in [0.1, 0.15) is 22.6 Å². The van der Waals surface area contributed by atoms with E-state index in [1.54, 1.807) is 30.2 Å². The van der Waals surface area contributed by atoms with Gasteiger partial charge in [-0.1, -0.05) is 6.07 Å². The van der Waals surface area contributed by atoms with Gasteiger partial charge in [-0.05, 0) is 49.1 Å². The minimum atomic E-state index is 0.105. The van der Waals surface area contributed by atoms with Gasteiger partial charge in [0, 0.05) is 15.8 Å². The topological polar surface area (TPSA) is 35.2 Å². The van der Waals surface area contributed by atoms with Gasteiger partial charge in [-0.2, -0.15) is 0 Å². The molecular weight excluding hydrogens is 274 g/mol. The average Bonchev–Trinajstić information content (AvgIpc) is 2.82. The summed E-state index contributed by atoms with van der Waals surface area (Å²) in [6.07, 6.45) is 0. The molecular formula is C15H19NOS2. The molecule has 0 aliphatic carbocycles. The number of ether oxygens (including phenoxy) is 1. The SMILES string of the molecule is COc1cccc(SC(c2sccc2C)C(C)N)c1. The van der Waals surface area contributed by atoms with Crippen LogP contribution in [0.4, 0.5) is 0 Å². The molecule has 4 heteroatoms. The molecule has 2 unspecified atom stereocenters. The van der Waals surface area contributed by atoms with E-state index < -0.39 is 0 Å². The molecule has 0 saturated heterocycles. The van der Waals surface area contributed by atoms with Crippen molar-refractivity contribution in [2.24, 2.45) is 5.73 Å². The third-order valence-electron chi connectivity index (χ3n) is 2.94. The Morgan fingerprint density at radius 3 is 2.68 bits per heavy atom. The standard InChI is InChI=1S/C15H19NOS2/c1-10-7-8-18-14(10)15(11(2)16)19-13-6-4-5-12(9-13)17-3/h4-9,11,15H,16H2,1-3H3. The number of nitrogens with two attached hydrogens (primary N) is 1. The van der Waals surface area contributed by atoms with Crippen molar-refractivity contribution in [3.05, 3.63) is 46.2 Å². The largest absolute Gasteiger partial charge is 0.497 e. The van der Waals surface area contributed by atoms with Crippen molar-refractivity contribution in [2.75, 3.05) is 7.11 Å². The molecule has 2 rings (SSSR count). The van der Waals surface area contributed by atoms with Crippen molar-refractivity contribution in [2.45, 2.75) is 30.0 Å². The van der Waals surface area contributed by atoms with E-state index in [-0.39, 0.29) is 11.3 Å². The van der Waals surface area contributed by atoms with Crippen LogP contribution in [0.3, 0.4) is 0 Å². The fourth-order valence-electron chi connectivity index (χ4n) is 1.90. The summed E-state index contributed by atoms with van der Waals surface area (Å²) in [5, 5.41) is 2.42. The van der Waals surface area contributed by atoms with Gasteiger partial charge >= 0.3 is 0 Å². The first kappa shape index (κ1) is 14.4. The van der Waals surface area contributed by atoms with Crippen molar-refractivity contribution >= 4 is 23.1 Å². The first-order valence-electron chi connectivity index (χ1n) is 6.22. The average molecular weight is 293 g/mol. The minimum Gasteiger partial charge on any atom is -0.497 e. The molecule has 0 amide bonds. The molecule has 2 atom stereocenters. The van der Waals surface area contributed by atoms with Crippen molar-refractivity contribution in [3.63, 3.8) is 0 Å². The van der Waals surface area contributed by atoms with Gasteiger partial charge in [0.2, 0.25) is 0 Å². The van der Waals surface area contributed by atoms with Gasteiger partial charge in [-0.25, -0.2) is 0 Å². The number of hydrogen-bond acceptors (Lipinski definition) is 4. The number of benzene rings is 1. The van der Waals surface area contributed by atoms with Gasteiger partial charge in [0.25, 0.3) is 0 Å². The molecule has 2 aromatic rings.